The minimum Gasteiger partial charge on any atom is -0.481 e. The number of carbonyl (C=O) groups excluding carboxylic acids is 1. The number of carboxylic acids is 1. The molecule has 1 aliphatic heterocycles. The van der Waals surface area contributed by atoms with Gasteiger partial charge in [0.05, 0.1) is 13.0 Å². The summed E-state index contributed by atoms with van der Waals surface area (Å²) in [6.45, 7) is 9.29. The highest BCUT2D eigenvalue weighted by molar-refractivity contribution is 5.76. The maximum absolute atomic E-state index is 12.4. The van der Waals surface area contributed by atoms with Crippen LogP contribution in [0.5, 0.6) is 0 Å². The van der Waals surface area contributed by atoms with Gasteiger partial charge in [-0.25, -0.2) is 4.79 Å². The van der Waals surface area contributed by atoms with Gasteiger partial charge in [-0.05, 0) is 34.1 Å². The number of carbonyl (C=O) groups is 2. The number of nitrogens with zero attached hydrogens (tertiary/aromatic N) is 1. The Morgan fingerprint density at radius 3 is 2.55 bits per heavy atom. The fraction of sp³-hybridized carbons (Fsp3) is 0.857. The Balaban J connectivity index is 2.60. The SMILES string of the molecule is CC(NC(=O)N(CCC(=O)O)C(C)(C)C)C1CCOC1. The van der Waals surface area contributed by atoms with Crippen molar-refractivity contribution in [2.24, 2.45) is 5.92 Å². The summed E-state index contributed by atoms with van der Waals surface area (Å²) in [5.41, 5.74) is -0.411. The molecule has 1 heterocycles. The van der Waals surface area contributed by atoms with Crippen LogP contribution in [0.4, 0.5) is 4.79 Å². The van der Waals surface area contributed by atoms with E-state index in [9.17, 15) is 9.59 Å². The van der Waals surface area contributed by atoms with Gasteiger partial charge in [-0.15, -0.1) is 0 Å². The van der Waals surface area contributed by atoms with E-state index in [1.165, 1.54) is 0 Å². The van der Waals surface area contributed by atoms with Gasteiger partial charge in [-0.1, -0.05) is 0 Å². The van der Waals surface area contributed by atoms with E-state index in [2.05, 4.69) is 5.32 Å². The molecule has 2 atom stereocenters. The first-order valence-electron chi connectivity index (χ1n) is 7.09. The van der Waals surface area contributed by atoms with Gasteiger partial charge in [0.1, 0.15) is 0 Å². The lowest BCUT2D eigenvalue weighted by atomic mass is 10.0. The zero-order chi connectivity index (χ0) is 15.3. The Kier molecular flexibility index (Phi) is 5.80. The predicted molar refractivity (Wildman–Crippen MR) is 75.6 cm³/mol. The largest absolute Gasteiger partial charge is 0.481 e. The van der Waals surface area contributed by atoms with Gasteiger partial charge >= 0.3 is 12.0 Å². The highest BCUT2D eigenvalue weighted by Gasteiger charge is 2.30. The minimum absolute atomic E-state index is 0.0275. The van der Waals surface area contributed by atoms with E-state index in [1.807, 2.05) is 27.7 Å². The van der Waals surface area contributed by atoms with Gasteiger partial charge in [-0.2, -0.15) is 0 Å². The van der Waals surface area contributed by atoms with Gasteiger partial charge in [-0.3, -0.25) is 4.79 Å². The second kappa shape index (κ2) is 6.92. The number of amides is 2. The number of hydrogen-bond acceptors (Lipinski definition) is 3. The van der Waals surface area contributed by atoms with Crippen molar-refractivity contribution in [1.82, 2.24) is 10.2 Å². The second-order valence-corrected chi connectivity index (χ2v) is 6.33. The highest BCUT2D eigenvalue weighted by atomic mass is 16.5. The first-order chi connectivity index (χ1) is 9.21. The van der Waals surface area contributed by atoms with E-state index in [4.69, 9.17) is 9.84 Å². The van der Waals surface area contributed by atoms with Crippen molar-refractivity contribution in [2.75, 3.05) is 19.8 Å². The molecule has 2 amide bonds. The van der Waals surface area contributed by atoms with Gasteiger partial charge in [0.2, 0.25) is 0 Å². The topological polar surface area (TPSA) is 78.9 Å². The molecule has 0 bridgehead atoms. The highest BCUT2D eigenvalue weighted by Crippen LogP contribution is 2.18. The summed E-state index contributed by atoms with van der Waals surface area (Å²) in [5.74, 6) is -0.565. The van der Waals surface area contributed by atoms with Crippen LogP contribution in [-0.2, 0) is 9.53 Å². The van der Waals surface area contributed by atoms with E-state index in [0.717, 1.165) is 13.0 Å². The molecule has 0 saturated carbocycles. The molecule has 1 saturated heterocycles. The van der Waals surface area contributed by atoms with E-state index in [1.54, 1.807) is 4.90 Å². The fourth-order valence-corrected chi connectivity index (χ4v) is 2.29. The zero-order valence-electron chi connectivity index (χ0n) is 12.8. The van der Waals surface area contributed by atoms with Crippen LogP contribution in [0.1, 0.15) is 40.5 Å². The standard InChI is InChI=1S/C14H26N2O4/c1-10(11-6-8-20-9-11)15-13(19)16(14(2,3)4)7-5-12(17)18/h10-11H,5-9H2,1-4H3,(H,15,19)(H,17,18). The molecule has 0 aliphatic carbocycles. The van der Waals surface area contributed by atoms with Crippen molar-refractivity contribution in [3.63, 3.8) is 0 Å². The Labute approximate surface area is 120 Å². The molecule has 2 N–H and O–H groups in total. The smallest absolute Gasteiger partial charge is 0.318 e. The van der Waals surface area contributed by atoms with Crippen LogP contribution >= 0.6 is 0 Å². The van der Waals surface area contributed by atoms with Crippen molar-refractivity contribution >= 4 is 12.0 Å². The van der Waals surface area contributed by atoms with Gasteiger partial charge < -0.3 is 20.1 Å². The summed E-state index contributed by atoms with van der Waals surface area (Å²) in [4.78, 5) is 24.6. The van der Waals surface area contributed by atoms with Gasteiger partial charge in [0.15, 0.2) is 0 Å². The normalized spacial score (nSPS) is 20.5. The van der Waals surface area contributed by atoms with Crippen molar-refractivity contribution in [3.8, 4) is 0 Å². The van der Waals surface area contributed by atoms with Crippen molar-refractivity contribution in [2.45, 2.75) is 52.1 Å². The lowest BCUT2D eigenvalue weighted by molar-refractivity contribution is -0.137. The Morgan fingerprint density at radius 2 is 2.10 bits per heavy atom. The van der Waals surface area contributed by atoms with Crippen molar-refractivity contribution in [3.05, 3.63) is 0 Å². The van der Waals surface area contributed by atoms with Crippen molar-refractivity contribution < 1.29 is 19.4 Å². The molecule has 1 aliphatic rings. The molecule has 0 radical (unpaired) electrons. The molecule has 6 nitrogen and oxygen atoms in total. The molecule has 0 aromatic carbocycles. The number of urea groups is 1. The average Bonchev–Trinajstić information content (AvgIpc) is 2.79. The molecule has 6 heteroatoms. The second-order valence-electron chi connectivity index (χ2n) is 6.33. The van der Waals surface area contributed by atoms with E-state index >= 15 is 0 Å². The maximum atomic E-state index is 12.4. The summed E-state index contributed by atoms with van der Waals surface area (Å²) >= 11 is 0. The lowest BCUT2D eigenvalue weighted by Crippen LogP contribution is -2.54. The van der Waals surface area contributed by atoms with E-state index < -0.39 is 11.5 Å². The molecule has 0 aromatic heterocycles. The third-order valence-electron chi connectivity index (χ3n) is 3.63. The number of rotatable bonds is 5. The van der Waals surface area contributed by atoms with Crippen LogP contribution in [0, 0.1) is 5.92 Å². The number of nitrogens with one attached hydrogen (secondary N) is 1. The summed E-state index contributed by atoms with van der Waals surface area (Å²) in [5, 5.41) is 11.8. The number of carboxylic acid groups (broad SMARTS) is 1. The Bertz CT molecular complexity index is 346. The third kappa shape index (κ3) is 5.00. The molecule has 0 spiro atoms. The maximum Gasteiger partial charge on any atom is 0.318 e. The molecular formula is C14H26N2O4. The zero-order valence-corrected chi connectivity index (χ0v) is 12.8. The van der Waals surface area contributed by atoms with Crippen LogP contribution in [0.15, 0.2) is 0 Å². The monoisotopic (exact) mass is 286 g/mol. The first kappa shape index (κ1) is 16.8. The number of aliphatic carboxylic acids is 1. The molecule has 116 valence electrons. The quantitative estimate of drug-likeness (QED) is 0.806. The molecule has 1 fully saturated rings. The van der Waals surface area contributed by atoms with Crippen LogP contribution < -0.4 is 5.32 Å². The minimum atomic E-state index is -0.899. The van der Waals surface area contributed by atoms with Gasteiger partial charge in [0.25, 0.3) is 0 Å². The summed E-state index contributed by atoms with van der Waals surface area (Å²) in [7, 11) is 0. The van der Waals surface area contributed by atoms with Crippen LogP contribution in [-0.4, -0.2) is 53.3 Å². The molecule has 1 rings (SSSR count). The molecule has 20 heavy (non-hydrogen) atoms. The van der Waals surface area contributed by atoms with Gasteiger partial charge in [0, 0.05) is 30.7 Å². The predicted octanol–water partition coefficient (Wildman–Crippen LogP) is 1.70. The van der Waals surface area contributed by atoms with Crippen molar-refractivity contribution in [1.29, 1.82) is 0 Å². The van der Waals surface area contributed by atoms with E-state index in [0.29, 0.717) is 12.5 Å². The van der Waals surface area contributed by atoms with Crippen LogP contribution in [0.25, 0.3) is 0 Å². The van der Waals surface area contributed by atoms with Crippen LogP contribution in [0.3, 0.4) is 0 Å². The summed E-state index contributed by atoms with van der Waals surface area (Å²) < 4.78 is 5.32. The molecular weight excluding hydrogens is 260 g/mol. The summed E-state index contributed by atoms with van der Waals surface area (Å²) in [6.07, 6.45) is 0.900. The summed E-state index contributed by atoms with van der Waals surface area (Å²) in [6, 6.07) is -0.183. The van der Waals surface area contributed by atoms with E-state index in [-0.39, 0.29) is 25.0 Å². The number of ether oxygens (including phenoxy) is 1. The molecule has 0 aromatic rings. The van der Waals surface area contributed by atoms with Crippen LogP contribution in [0.2, 0.25) is 0 Å². The number of hydrogen-bond donors (Lipinski definition) is 2. The molecule has 2 unspecified atom stereocenters. The average molecular weight is 286 g/mol. The lowest BCUT2D eigenvalue weighted by Gasteiger charge is -2.36. The fourth-order valence-electron chi connectivity index (χ4n) is 2.29. The Hall–Kier alpha value is -1.30. The Morgan fingerprint density at radius 1 is 1.45 bits per heavy atom. The third-order valence-corrected chi connectivity index (χ3v) is 3.63. The first-order valence-corrected chi connectivity index (χ1v) is 7.09.